The molecule has 0 saturated carbocycles. The summed E-state index contributed by atoms with van der Waals surface area (Å²) in [5.74, 6) is -0.307. The lowest BCUT2D eigenvalue weighted by molar-refractivity contribution is -0.396. The van der Waals surface area contributed by atoms with Crippen molar-refractivity contribution in [2.45, 2.75) is 13.8 Å². The number of rotatable bonds is 3. The van der Waals surface area contributed by atoms with Gasteiger partial charge in [0, 0.05) is 11.6 Å². The van der Waals surface area contributed by atoms with Crippen LogP contribution in [-0.4, -0.2) is 17.0 Å². The van der Waals surface area contributed by atoms with E-state index in [4.69, 9.17) is 4.74 Å². The molecule has 0 bridgehead atoms. The van der Waals surface area contributed by atoms with Crippen molar-refractivity contribution in [3.8, 4) is 5.75 Å². The van der Waals surface area contributed by atoms with Gasteiger partial charge in [0.25, 0.3) is 5.75 Å². The molecular weight excluding hydrogens is 216 g/mol. The normalized spacial score (nSPS) is 9.94. The molecule has 0 aliphatic rings. The molecule has 7 nitrogen and oxygen atoms in total. The number of methoxy groups -OCH3 is 1. The standard InChI is InChI=1S/C9H10N2O5/c1-5-4-7(10(12)13)9(16-3)8(6(5)2)11(14)15/h4H,1-3H3. The number of benzene rings is 1. The maximum atomic E-state index is 10.8. The van der Waals surface area contributed by atoms with Crippen LogP contribution in [-0.2, 0) is 0 Å². The molecule has 1 aromatic rings. The Labute approximate surface area is 90.9 Å². The minimum atomic E-state index is -0.696. The lowest BCUT2D eigenvalue weighted by Gasteiger charge is -2.07. The Morgan fingerprint density at radius 1 is 1.19 bits per heavy atom. The molecule has 16 heavy (non-hydrogen) atoms. The van der Waals surface area contributed by atoms with Gasteiger partial charge in [-0.1, -0.05) is 0 Å². The molecule has 0 spiro atoms. The topological polar surface area (TPSA) is 95.5 Å². The molecule has 1 aromatic carbocycles. The number of hydrogen-bond donors (Lipinski definition) is 0. The zero-order valence-corrected chi connectivity index (χ0v) is 9.01. The minimum Gasteiger partial charge on any atom is -0.485 e. The van der Waals surface area contributed by atoms with Gasteiger partial charge in [-0.3, -0.25) is 20.2 Å². The van der Waals surface area contributed by atoms with Crippen LogP contribution >= 0.6 is 0 Å². The van der Waals surface area contributed by atoms with Gasteiger partial charge in [-0.05, 0) is 19.4 Å². The fourth-order valence-corrected chi connectivity index (χ4v) is 1.41. The van der Waals surface area contributed by atoms with Crippen LogP contribution < -0.4 is 4.74 Å². The molecule has 0 unspecified atom stereocenters. The number of aryl methyl sites for hydroxylation is 1. The summed E-state index contributed by atoms with van der Waals surface area (Å²) >= 11 is 0. The van der Waals surface area contributed by atoms with Crippen molar-refractivity contribution in [1.29, 1.82) is 0 Å². The van der Waals surface area contributed by atoms with Gasteiger partial charge in [0.05, 0.1) is 17.0 Å². The van der Waals surface area contributed by atoms with E-state index in [-0.39, 0.29) is 11.4 Å². The maximum absolute atomic E-state index is 10.8. The number of nitro benzene ring substituents is 2. The Morgan fingerprint density at radius 2 is 1.75 bits per heavy atom. The van der Waals surface area contributed by atoms with Crippen LogP contribution in [0.25, 0.3) is 0 Å². The van der Waals surface area contributed by atoms with E-state index in [1.165, 1.54) is 20.1 Å². The lowest BCUT2D eigenvalue weighted by atomic mass is 10.1. The van der Waals surface area contributed by atoms with E-state index in [0.717, 1.165) is 0 Å². The van der Waals surface area contributed by atoms with E-state index in [0.29, 0.717) is 11.1 Å². The highest BCUT2D eigenvalue weighted by Gasteiger charge is 2.30. The van der Waals surface area contributed by atoms with Gasteiger partial charge in [-0.15, -0.1) is 0 Å². The summed E-state index contributed by atoms with van der Waals surface area (Å²) in [5, 5.41) is 21.6. The molecule has 0 aromatic heterocycles. The Morgan fingerprint density at radius 3 is 2.12 bits per heavy atom. The second kappa shape index (κ2) is 4.13. The Bertz CT molecular complexity index is 469. The average molecular weight is 226 g/mol. The van der Waals surface area contributed by atoms with E-state index < -0.39 is 15.5 Å². The van der Waals surface area contributed by atoms with Crippen LogP contribution in [0.5, 0.6) is 5.75 Å². The predicted octanol–water partition coefficient (Wildman–Crippen LogP) is 2.13. The van der Waals surface area contributed by atoms with Crippen LogP contribution in [0.1, 0.15) is 11.1 Å². The summed E-state index contributed by atoms with van der Waals surface area (Å²) in [6.07, 6.45) is 0. The predicted molar refractivity (Wildman–Crippen MR) is 55.8 cm³/mol. The molecule has 0 radical (unpaired) electrons. The molecule has 0 N–H and O–H groups in total. The SMILES string of the molecule is COc1c([N+](=O)[O-])cc(C)c(C)c1[N+](=O)[O-]. The van der Waals surface area contributed by atoms with Crippen molar-refractivity contribution < 1.29 is 14.6 Å². The van der Waals surface area contributed by atoms with Crippen molar-refractivity contribution in [2.24, 2.45) is 0 Å². The summed E-state index contributed by atoms with van der Waals surface area (Å²) in [7, 11) is 1.17. The highest BCUT2D eigenvalue weighted by molar-refractivity contribution is 5.66. The van der Waals surface area contributed by atoms with Gasteiger partial charge in [0.15, 0.2) is 0 Å². The number of nitrogens with zero attached hydrogens (tertiary/aromatic N) is 2. The molecule has 0 aliphatic heterocycles. The third kappa shape index (κ3) is 1.79. The van der Waals surface area contributed by atoms with E-state index in [1.807, 2.05) is 0 Å². The number of ether oxygens (including phenoxy) is 1. The Kier molecular flexibility index (Phi) is 3.07. The van der Waals surface area contributed by atoms with E-state index in [9.17, 15) is 20.2 Å². The molecule has 0 aliphatic carbocycles. The summed E-state index contributed by atoms with van der Waals surface area (Å²) in [6, 6.07) is 1.27. The minimum absolute atomic E-state index is 0.307. The Hall–Kier alpha value is -2.18. The third-order valence-electron chi connectivity index (χ3n) is 2.33. The van der Waals surface area contributed by atoms with Crippen molar-refractivity contribution in [2.75, 3.05) is 7.11 Å². The van der Waals surface area contributed by atoms with Crippen LogP contribution in [0.4, 0.5) is 11.4 Å². The van der Waals surface area contributed by atoms with Crippen molar-refractivity contribution in [1.82, 2.24) is 0 Å². The van der Waals surface area contributed by atoms with Crippen LogP contribution in [0.15, 0.2) is 6.07 Å². The fraction of sp³-hybridized carbons (Fsp3) is 0.333. The Balaban J connectivity index is 3.68. The van der Waals surface area contributed by atoms with Gasteiger partial charge in [-0.2, -0.15) is 0 Å². The van der Waals surface area contributed by atoms with Crippen molar-refractivity contribution in [3.63, 3.8) is 0 Å². The summed E-state index contributed by atoms with van der Waals surface area (Å²) in [5.41, 5.74) is 0.109. The molecule has 0 heterocycles. The molecule has 1 rings (SSSR count). The van der Waals surface area contributed by atoms with Crippen molar-refractivity contribution >= 4 is 11.4 Å². The van der Waals surface area contributed by atoms with E-state index >= 15 is 0 Å². The summed E-state index contributed by atoms with van der Waals surface area (Å²) in [4.78, 5) is 20.2. The molecular formula is C9H10N2O5. The van der Waals surface area contributed by atoms with Gasteiger partial charge in [-0.25, -0.2) is 0 Å². The van der Waals surface area contributed by atoms with E-state index in [2.05, 4.69) is 0 Å². The van der Waals surface area contributed by atoms with Crippen LogP contribution in [0.3, 0.4) is 0 Å². The molecule has 0 saturated heterocycles. The fourth-order valence-electron chi connectivity index (χ4n) is 1.41. The van der Waals surface area contributed by atoms with Gasteiger partial charge in [0.1, 0.15) is 0 Å². The average Bonchev–Trinajstić information content (AvgIpc) is 2.20. The first kappa shape index (κ1) is 11.9. The van der Waals surface area contributed by atoms with Crippen molar-refractivity contribution in [3.05, 3.63) is 37.4 Å². The van der Waals surface area contributed by atoms with Gasteiger partial charge in [0.2, 0.25) is 0 Å². The molecule has 0 atom stereocenters. The van der Waals surface area contributed by atoms with Gasteiger partial charge >= 0.3 is 11.4 Å². The largest absolute Gasteiger partial charge is 0.485 e. The second-order valence-corrected chi connectivity index (χ2v) is 3.23. The smallest absolute Gasteiger partial charge is 0.321 e. The molecule has 0 fully saturated rings. The number of hydrogen-bond acceptors (Lipinski definition) is 5. The highest BCUT2D eigenvalue weighted by Crippen LogP contribution is 2.40. The first-order valence-corrected chi connectivity index (χ1v) is 4.37. The highest BCUT2D eigenvalue weighted by atomic mass is 16.6. The zero-order valence-electron chi connectivity index (χ0n) is 9.01. The molecule has 86 valence electrons. The van der Waals surface area contributed by atoms with Crippen LogP contribution in [0.2, 0.25) is 0 Å². The third-order valence-corrected chi connectivity index (χ3v) is 2.33. The lowest BCUT2D eigenvalue weighted by Crippen LogP contribution is -2.02. The number of nitro groups is 2. The monoisotopic (exact) mass is 226 g/mol. The van der Waals surface area contributed by atoms with Gasteiger partial charge < -0.3 is 4.74 Å². The first-order valence-electron chi connectivity index (χ1n) is 4.37. The molecule has 0 amide bonds. The summed E-state index contributed by atoms with van der Waals surface area (Å²) in [6.45, 7) is 3.11. The molecule has 7 heteroatoms. The second-order valence-electron chi connectivity index (χ2n) is 3.23. The first-order chi connectivity index (χ1) is 7.40. The van der Waals surface area contributed by atoms with E-state index in [1.54, 1.807) is 6.92 Å². The van der Waals surface area contributed by atoms with Crippen LogP contribution in [0, 0.1) is 34.1 Å². The zero-order chi connectivity index (χ0) is 12.5. The maximum Gasteiger partial charge on any atom is 0.321 e. The quantitative estimate of drug-likeness (QED) is 0.581. The summed E-state index contributed by atoms with van der Waals surface area (Å²) < 4.78 is 4.75.